The van der Waals surface area contributed by atoms with Gasteiger partial charge in [0.2, 0.25) is 0 Å². The second kappa shape index (κ2) is 9.86. The van der Waals surface area contributed by atoms with Crippen LogP contribution in [0.1, 0.15) is 11.8 Å². The van der Waals surface area contributed by atoms with Crippen LogP contribution < -0.4 is 10.6 Å². The maximum atomic E-state index is 8.69. The third-order valence-corrected chi connectivity index (χ3v) is 2.58. The molecule has 0 spiro atoms. The highest BCUT2D eigenvalue weighted by Gasteiger charge is 1.96. The van der Waals surface area contributed by atoms with Crippen molar-refractivity contribution in [2.45, 2.75) is 13.5 Å². The van der Waals surface area contributed by atoms with Gasteiger partial charge >= 0.3 is 0 Å². The molecule has 92 valence electrons. The Hall–Kier alpha value is -0.340. The van der Waals surface area contributed by atoms with Gasteiger partial charge in [-0.15, -0.1) is 35.3 Å². The molecule has 0 amide bonds. The van der Waals surface area contributed by atoms with Crippen molar-refractivity contribution in [1.29, 1.82) is 0 Å². The molecule has 0 aliphatic carbocycles. The number of aliphatic imine (C=N–C) groups is 1. The quantitative estimate of drug-likeness (QED) is 0.425. The Bertz CT molecular complexity index is 290. The molecule has 3 N–H and O–H groups in total. The number of guanidine groups is 1. The monoisotopic (exact) mass is 355 g/mol. The summed E-state index contributed by atoms with van der Waals surface area (Å²) in [5.74, 6) is 0.750. The first-order valence-corrected chi connectivity index (χ1v) is 5.90. The third kappa shape index (κ3) is 6.29. The molecule has 0 fully saturated rings. The molecule has 0 aromatic carbocycles. The smallest absolute Gasteiger partial charge is 0.191 e. The molecule has 1 rings (SSSR count). The fraction of sp³-hybridized carbons (Fsp3) is 0.500. The summed E-state index contributed by atoms with van der Waals surface area (Å²) in [4.78, 5) is 5.62. The zero-order valence-corrected chi connectivity index (χ0v) is 12.4. The van der Waals surface area contributed by atoms with Crippen molar-refractivity contribution in [2.75, 3.05) is 19.7 Å². The standard InChI is InChI=1S/C10H17N3OS.HI/c1-2-11-10(12-5-6-14)13-8-9-4-3-7-15-9;/h3-4,7,14H,2,5-6,8H2,1H3,(H2,11,12,13);1H. The fourth-order valence-corrected chi connectivity index (χ4v) is 1.70. The zero-order valence-electron chi connectivity index (χ0n) is 9.27. The lowest BCUT2D eigenvalue weighted by Crippen LogP contribution is -2.38. The highest BCUT2D eigenvalue weighted by molar-refractivity contribution is 14.0. The van der Waals surface area contributed by atoms with Crippen molar-refractivity contribution in [3.05, 3.63) is 22.4 Å². The molecule has 4 nitrogen and oxygen atoms in total. The van der Waals surface area contributed by atoms with Crippen molar-refractivity contribution in [1.82, 2.24) is 10.6 Å². The van der Waals surface area contributed by atoms with E-state index in [1.54, 1.807) is 11.3 Å². The summed E-state index contributed by atoms with van der Waals surface area (Å²) < 4.78 is 0. The average Bonchev–Trinajstić information content (AvgIpc) is 2.75. The second-order valence-corrected chi connectivity index (χ2v) is 3.96. The highest BCUT2D eigenvalue weighted by Crippen LogP contribution is 2.08. The molecule has 16 heavy (non-hydrogen) atoms. The van der Waals surface area contributed by atoms with Gasteiger partial charge in [-0.25, -0.2) is 4.99 Å². The van der Waals surface area contributed by atoms with E-state index in [-0.39, 0.29) is 30.6 Å². The first-order chi connectivity index (χ1) is 7.36. The molecule has 0 aliphatic heterocycles. The van der Waals surface area contributed by atoms with Crippen molar-refractivity contribution in [3.63, 3.8) is 0 Å². The molecule has 0 radical (unpaired) electrons. The van der Waals surface area contributed by atoms with Gasteiger partial charge in [0.25, 0.3) is 0 Å². The van der Waals surface area contributed by atoms with Crippen LogP contribution in [-0.2, 0) is 6.54 Å². The molecule has 0 aliphatic rings. The van der Waals surface area contributed by atoms with Gasteiger partial charge in [-0.05, 0) is 18.4 Å². The number of aliphatic hydroxyl groups is 1. The van der Waals surface area contributed by atoms with Crippen LogP contribution in [0, 0.1) is 0 Å². The van der Waals surface area contributed by atoms with E-state index in [2.05, 4.69) is 21.7 Å². The van der Waals surface area contributed by atoms with E-state index in [9.17, 15) is 0 Å². The zero-order chi connectivity index (χ0) is 10.9. The van der Waals surface area contributed by atoms with E-state index in [0.717, 1.165) is 12.5 Å². The van der Waals surface area contributed by atoms with Crippen LogP contribution in [0.2, 0.25) is 0 Å². The summed E-state index contributed by atoms with van der Waals surface area (Å²) >= 11 is 1.69. The maximum Gasteiger partial charge on any atom is 0.191 e. The van der Waals surface area contributed by atoms with E-state index in [0.29, 0.717) is 13.1 Å². The first kappa shape index (κ1) is 15.7. The Morgan fingerprint density at radius 1 is 1.50 bits per heavy atom. The van der Waals surface area contributed by atoms with Gasteiger partial charge in [-0.3, -0.25) is 0 Å². The minimum absolute atomic E-state index is 0. The largest absolute Gasteiger partial charge is 0.395 e. The normalized spacial score (nSPS) is 10.8. The number of rotatable bonds is 5. The van der Waals surface area contributed by atoms with Crippen molar-refractivity contribution in [2.24, 2.45) is 4.99 Å². The van der Waals surface area contributed by atoms with E-state index in [1.165, 1.54) is 4.88 Å². The number of halogens is 1. The Balaban J connectivity index is 0.00000225. The number of aliphatic hydroxyl groups excluding tert-OH is 1. The summed E-state index contributed by atoms with van der Waals surface area (Å²) in [6.07, 6.45) is 0. The van der Waals surface area contributed by atoms with E-state index in [1.807, 2.05) is 18.4 Å². The predicted octanol–water partition coefficient (Wildman–Crippen LogP) is 1.41. The minimum atomic E-state index is 0. The molecule has 0 bridgehead atoms. The number of nitrogens with one attached hydrogen (secondary N) is 2. The number of hydrogen-bond acceptors (Lipinski definition) is 3. The van der Waals surface area contributed by atoms with Crippen molar-refractivity contribution < 1.29 is 5.11 Å². The van der Waals surface area contributed by atoms with Crippen LogP contribution >= 0.6 is 35.3 Å². The molecular weight excluding hydrogens is 337 g/mol. The summed E-state index contributed by atoms with van der Waals surface area (Å²) in [5, 5.41) is 16.9. The van der Waals surface area contributed by atoms with Crippen LogP contribution in [0.15, 0.2) is 22.5 Å². The maximum absolute atomic E-state index is 8.69. The highest BCUT2D eigenvalue weighted by atomic mass is 127. The lowest BCUT2D eigenvalue weighted by Gasteiger charge is -2.09. The molecule has 0 saturated carbocycles. The van der Waals surface area contributed by atoms with Crippen LogP contribution in [-0.4, -0.2) is 30.8 Å². The SMILES string of the molecule is CCNC(=NCc1cccs1)NCCO.I. The average molecular weight is 355 g/mol. The number of hydrogen-bond donors (Lipinski definition) is 3. The van der Waals surface area contributed by atoms with Crippen molar-refractivity contribution in [3.8, 4) is 0 Å². The van der Waals surface area contributed by atoms with E-state index >= 15 is 0 Å². The molecule has 0 saturated heterocycles. The van der Waals surface area contributed by atoms with Crippen molar-refractivity contribution >= 4 is 41.3 Å². The van der Waals surface area contributed by atoms with Gasteiger partial charge in [0.05, 0.1) is 13.2 Å². The molecule has 6 heteroatoms. The van der Waals surface area contributed by atoms with E-state index < -0.39 is 0 Å². The number of nitrogens with zero attached hydrogens (tertiary/aromatic N) is 1. The minimum Gasteiger partial charge on any atom is -0.395 e. The van der Waals surface area contributed by atoms with Crippen LogP contribution in [0.5, 0.6) is 0 Å². The fourth-order valence-electron chi connectivity index (χ4n) is 1.08. The Morgan fingerprint density at radius 3 is 2.88 bits per heavy atom. The van der Waals surface area contributed by atoms with Crippen LogP contribution in [0.25, 0.3) is 0 Å². The Morgan fingerprint density at radius 2 is 2.31 bits per heavy atom. The first-order valence-electron chi connectivity index (χ1n) is 5.02. The van der Waals surface area contributed by atoms with E-state index in [4.69, 9.17) is 5.11 Å². The topological polar surface area (TPSA) is 56.7 Å². The summed E-state index contributed by atoms with van der Waals surface area (Å²) in [6.45, 7) is 4.15. The number of thiophene rings is 1. The summed E-state index contributed by atoms with van der Waals surface area (Å²) in [5.41, 5.74) is 0. The van der Waals surface area contributed by atoms with Gasteiger partial charge in [0.1, 0.15) is 0 Å². The lowest BCUT2D eigenvalue weighted by molar-refractivity contribution is 0.300. The molecule has 0 unspecified atom stereocenters. The molecule has 1 aromatic heterocycles. The molecule has 1 aromatic rings. The Labute approximate surface area is 117 Å². The second-order valence-electron chi connectivity index (χ2n) is 2.92. The van der Waals surface area contributed by atoms with Gasteiger partial charge in [0.15, 0.2) is 5.96 Å². The molecule has 1 heterocycles. The summed E-state index contributed by atoms with van der Waals surface area (Å²) in [7, 11) is 0. The lowest BCUT2D eigenvalue weighted by atomic mass is 10.5. The van der Waals surface area contributed by atoms with Gasteiger partial charge in [0, 0.05) is 18.0 Å². The van der Waals surface area contributed by atoms with Crippen LogP contribution in [0.4, 0.5) is 0 Å². The molecular formula is C10H18IN3OS. The third-order valence-electron chi connectivity index (χ3n) is 1.72. The molecule has 0 atom stereocenters. The van der Waals surface area contributed by atoms with Gasteiger partial charge in [-0.1, -0.05) is 6.07 Å². The van der Waals surface area contributed by atoms with Gasteiger partial charge < -0.3 is 15.7 Å². The Kier molecular flexibility index (Phi) is 9.65. The van der Waals surface area contributed by atoms with Crippen LogP contribution in [0.3, 0.4) is 0 Å². The predicted molar refractivity (Wildman–Crippen MR) is 79.6 cm³/mol. The summed E-state index contributed by atoms with van der Waals surface area (Å²) in [6, 6.07) is 4.08. The van der Waals surface area contributed by atoms with Gasteiger partial charge in [-0.2, -0.15) is 0 Å².